The number of benzene rings is 2. The summed E-state index contributed by atoms with van der Waals surface area (Å²) in [5.41, 5.74) is 3.64. The average Bonchev–Trinajstić information content (AvgIpc) is 3.25. The van der Waals surface area contributed by atoms with E-state index in [9.17, 15) is 14.4 Å². The van der Waals surface area contributed by atoms with Gasteiger partial charge in [0.15, 0.2) is 0 Å². The molecule has 2 aliphatic rings. The lowest BCUT2D eigenvalue weighted by Crippen LogP contribution is -2.40. The number of hydrogen-bond acceptors (Lipinski definition) is 4. The minimum atomic E-state index is -0.366. The molecule has 0 spiro atoms. The molecule has 0 radical (unpaired) electrons. The van der Waals surface area contributed by atoms with E-state index in [-0.39, 0.29) is 30.1 Å². The number of amides is 3. The van der Waals surface area contributed by atoms with Gasteiger partial charge in [0.05, 0.1) is 19.1 Å². The van der Waals surface area contributed by atoms with Crippen molar-refractivity contribution in [2.75, 3.05) is 37.7 Å². The van der Waals surface area contributed by atoms with Gasteiger partial charge in [-0.15, -0.1) is 0 Å². The fourth-order valence-electron chi connectivity index (χ4n) is 4.31. The molecule has 7 nitrogen and oxygen atoms in total. The van der Waals surface area contributed by atoms with Crippen molar-refractivity contribution >= 4 is 23.4 Å². The lowest BCUT2D eigenvalue weighted by atomic mass is 10.1. The molecule has 0 saturated carbocycles. The van der Waals surface area contributed by atoms with E-state index in [0.29, 0.717) is 45.0 Å². The summed E-state index contributed by atoms with van der Waals surface area (Å²) in [6, 6.07) is 15.3. The molecule has 0 aromatic heterocycles. The molecule has 1 unspecified atom stereocenters. The standard InChI is InChI=1S/C26H31N3O4/c1-2-3-19-6-10-23(11-7-19)29-18-22(16-24(29)30)25(31)27-17-20-4-8-21(9-5-20)26(32)28-12-14-33-15-13-28/h4-11,22H,2-3,12-18H2,1H3,(H,27,31). The fourth-order valence-corrected chi connectivity index (χ4v) is 4.31. The van der Waals surface area contributed by atoms with Gasteiger partial charge in [0, 0.05) is 43.9 Å². The van der Waals surface area contributed by atoms with Gasteiger partial charge in [-0.05, 0) is 41.8 Å². The molecule has 3 amide bonds. The molecule has 33 heavy (non-hydrogen) atoms. The molecule has 2 saturated heterocycles. The maximum atomic E-state index is 12.7. The van der Waals surface area contributed by atoms with Crippen LogP contribution in [0.15, 0.2) is 48.5 Å². The molecule has 174 valence electrons. The van der Waals surface area contributed by atoms with Gasteiger partial charge in [0.1, 0.15) is 0 Å². The van der Waals surface area contributed by atoms with Gasteiger partial charge in [0.25, 0.3) is 5.91 Å². The minimum absolute atomic E-state index is 0.00109. The smallest absolute Gasteiger partial charge is 0.254 e. The van der Waals surface area contributed by atoms with Crippen LogP contribution >= 0.6 is 0 Å². The van der Waals surface area contributed by atoms with E-state index in [1.165, 1.54) is 5.56 Å². The number of carbonyl (C=O) groups is 3. The fraction of sp³-hybridized carbons (Fsp3) is 0.423. The molecule has 0 bridgehead atoms. The number of carbonyl (C=O) groups excluding carboxylic acids is 3. The molecule has 2 aliphatic heterocycles. The lowest BCUT2D eigenvalue weighted by molar-refractivity contribution is -0.126. The average molecular weight is 450 g/mol. The summed E-state index contributed by atoms with van der Waals surface area (Å²) in [7, 11) is 0. The number of hydrogen-bond donors (Lipinski definition) is 1. The second-order valence-corrected chi connectivity index (χ2v) is 8.64. The number of aryl methyl sites for hydroxylation is 1. The summed E-state index contributed by atoms with van der Waals surface area (Å²) < 4.78 is 5.30. The van der Waals surface area contributed by atoms with Crippen LogP contribution in [-0.2, 0) is 27.3 Å². The summed E-state index contributed by atoms with van der Waals surface area (Å²) in [4.78, 5) is 41.2. The molecule has 1 N–H and O–H groups in total. The van der Waals surface area contributed by atoms with Crippen molar-refractivity contribution in [3.63, 3.8) is 0 Å². The van der Waals surface area contributed by atoms with Crippen molar-refractivity contribution in [3.05, 3.63) is 65.2 Å². The zero-order valence-electron chi connectivity index (χ0n) is 19.1. The van der Waals surface area contributed by atoms with E-state index in [1.54, 1.807) is 21.9 Å². The predicted molar refractivity (Wildman–Crippen MR) is 126 cm³/mol. The van der Waals surface area contributed by atoms with E-state index < -0.39 is 0 Å². The van der Waals surface area contributed by atoms with E-state index in [2.05, 4.69) is 12.2 Å². The Labute approximate surface area is 194 Å². The molecule has 7 heteroatoms. The summed E-state index contributed by atoms with van der Waals surface area (Å²) in [5, 5.41) is 2.94. The van der Waals surface area contributed by atoms with E-state index in [4.69, 9.17) is 4.74 Å². The van der Waals surface area contributed by atoms with E-state index in [0.717, 1.165) is 24.1 Å². The van der Waals surface area contributed by atoms with Gasteiger partial charge >= 0.3 is 0 Å². The molecular weight excluding hydrogens is 418 g/mol. The Hall–Kier alpha value is -3.19. The third-order valence-corrected chi connectivity index (χ3v) is 6.25. The number of anilines is 1. The topological polar surface area (TPSA) is 79.0 Å². The molecule has 4 rings (SSSR count). The summed E-state index contributed by atoms with van der Waals surface area (Å²) in [6.45, 7) is 5.25. The highest BCUT2D eigenvalue weighted by Crippen LogP contribution is 2.26. The second kappa shape index (κ2) is 10.6. The number of nitrogens with one attached hydrogen (secondary N) is 1. The van der Waals surface area contributed by atoms with Crippen molar-refractivity contribution in [1.82, 2.24) is 10.2 Å². The van der Waals surface area contributed by atoms with Gasteiger partial charge in [-0.3, -0.25) is 14.4 Å². The van der Waals surface area contributed by atoms with Crippen molar-refractivity contribution in [1.29, 1.82) is 0 Å². The maximum absolute atomic E-state index is 12.7. The first-order valence-electron chi connectivity index (χ1n) is 11.7. The third kappa shape index (κ3) is 5.60. The van der Waals surface area contributed by atoms with Crippen LogP contribution in [0.25, 0.3) is 0 Å². The summed E-state index contributed by atoms with van der Waals surface area (Å²) in [6.07, 6.45) is 2.31. The Morgan fingerprint density at radius 3 is 2.33 bits per heavy atom. The maximum Gasteiger partial charge on any atom is 0.254 e. The molecular formula is C26H31N3O4. The van der Waals surface area contributed by atoms with Crippen LogP contribution in [-0.4, -0.2) is 55.5 Å². The van der Waals surface area contributed by atoms with Crippen molar-refractivity contribution in [3.8, 4) is 0 Å². The van der Waals surface area contributed by atoms with Crippen LogP contribution in [0.3, 0.4) is 0 Å². The number of morpholine rings is 1. The molecule has 2 aromatic carbocycles. The van der Waals surface area contributed by atoms with E-state index in [1.807, 2.05) is 36.4 Å². The van der Waals surface area contributed by atoms with Crippen molar-refractivity contribution in [2.24, 2.45) is 5.92 Å². The minimum Gasteiger partial charge on any atom is -0.378 e. The Balaban J connectivity index is 1.29. The van der Waals surface area contributed by atoms with Gasteiger partial charge in [-0.2, -0.15) is 0 Å². The third-order valence-electron chi connectivity index (χ3n) is 6.25. The second-order valence-electron chi connectivity index (χ2n) is 8.64. The van der Waals surface area contributed by atoms with Crippen LogP contribution in [0.1, 0.15) is 41.3 Å². The van der Waals surface area contributed by atoms with Crippen LogP contribution in [0.4, 0.5) is 5.69 Å². The Bertz CT molecular complexity index is 982. The quantitative estimate of drug-likeness (QED) is 0.705. The van der Waals surface area contributed by atoms with Gasteiger partial charge in [-0.25, -0.2) is 0 Å². The number of rotatable bonds is 7. The highest BCUT2D eigenvalue weighted by atomic mass is 16.5. The first-order valence-corrected chi connectivity index (χ1v) is 11.7. The Kier molecular flexibility index (Phi) is 7.40. The predicted octanol–water partition coefficient (Wildman–Crippen LogP) is 2.78. The van der Waals surface area contributed by atoms with Gasteiger partial charge in [0.2, 0.25) is 11.8 Å². The zero-order chi connectivity index (χ0) is 23.2. The summed E-state index contributed by atoms with van der Waals surface area (Å²) >= 11 is 0. The number of ether oxygens (including phenoxy) is 1. The monoisotopic (exact) mass is 449 g/mol. The van der Waals surface area contributed by atoms with Crippen molar-refractivity contribution < 1.29 is 19.1 Å². The molecule has 0 aliphatic carbocycles. The lowest BCUT2D eigenvalue weighted by Gasteiger charge is -2.26. The van der Waals surface area contributed by atoms with Crippen LogP contribution in [0, 0.1) is 5.92 Å². The van der Waals surface area contributed by atoms with Crippen LogP contribution in [0.5, 0.6) is 0 Å². The molecule has 2 aromatic rings. The first kappa shape index (κ1) is 23.0. The van der Waals surface area contributed by atoms with Gasteiger partial charge < -0.3 is 19.9 Å². The largest absolute Gasteiger partial charge is 0.378 e. The van der Waals surface area contributed by atoms with Crippen LogP contribution in [0.2, 0.25) is 0 Å². The van der Waals surface area contributed by atoms with Crippen LogP contribution < -0.4 is 10.2 Å². The van der Waals surface area contributed by atoms with E-state index >= 15 is 0 Å². The highest BCUT2D eigenvalue weighted by Gasteiger charge is 2.35. The first-order chi connectivity index (χ1) is 16.0. The highest BCUT2D eigenvalue weighted by molar-refractivity contribution is 6.00. The molecule has 1 atom stereocenters. The SMILES string of the molecule is CCCc1ccc(N2CC(C(=O)NCc3ccc(C(=O)N4CCOCC4)cc3)CC2=O)cc1. The van der Waals surface area contributed by atoms with Gasteiger partial charge in [-0.1, -0.05) is 37.6 Å². The Morgan fingerprint density at radius 2 is 1.67 bits per heavy atom. The zero-order valence-corrected chi connectivity index (χ0v) is 19.1. The summed E-state index contributed by atoms with van der Waals surface area (Å²) in [5.74, 6) is -0.512. The van der Waals surface area contributed by atoms with Crippen molar-refractivity contribution in [2.45, 2.75) is 32.7 Å². The Morgan fingerprint density at radius 1 is 1.00 bits per heavy atom. The normalized spacial score (nSPS) is 18.5. The molecule has 2 heterocycles. The number of nitrogens with zero attached hydrogens (tertiary/aromatic N) is 2. The molecule has 2 fully saturated rings.